The van der Waals surface area contributed by atoms with Gasteiger partial charge in [-0.15, -0.1) is 0 Å². The van der Waals surface area contributed by atoms with E-state index in [4.69, 9.17) is 5.73 Å². The molecule has 0 fully saturated rings. The van der Waals surface area contributed by atoms with Crippen molar-refractivity contribution in [1.29, 1.82) is 0 Å². The van der Waals surface area contributed by atoms with Gasteiger partial charge in [-0.05, 0) is 13.3 Å². The van der Waals surface area contributed by atoms with Gasteiger partial charge in [0.15, 0.2) is 5.82 Å². The van der Waals surface area contributed by atoms with Crippen molar-refractivity contribution in [1.82, 2.24) is 19.6 Å². The van der Waals surface area contributed by atoms with Crippen molar-refractivity contribution in [2.45, 2.75) is 33.4 Å². The van der Waals surface area contributed by atoms with Gasteiger partial charge >= 0.3 is 0 Å². The summed E-state index contributed by atoms with van der Waals surface area (Å²) in [6.07, 6.45) is 4.93. The molecule has 0 aliphatic heterocycles. The summed E-state index contributed by atoms with van der Waals surface area (Å²) in [7, 11) is 3.95. The number of anilines is 2. The smallest absolute Gasteiger partial charge is 0.150 e. The Balaban J connectivity index is 2.24. The van der Waals surface area contributed by atoms with Crippen LogP contribution in [0.2, 0.25) is 0 Å². The van der Waals surface area contributed by atoms with Crippen LogP contribution in [-0.4, -0.2) is 26.6 Å². The summed E-state index contributed by atoms with van der Waals surface area (Å²) in [4.78, 5) is 2.13. The molecule has 0 aliphatic rings. The van der Waals surface area contributed by atoms with E-state index in [-0.39, 0.29) is 0 Å². The van der Waals surface area contributed by atoms with Crippen LogP contribution >= 0.6 is 0 Å². The predicted octanol–water partition coefficient (Wildman–Crippen LogP) is 1.55. The number of hydrogen-bond donors (Lipinski definition) is 1. The van der Waals surface area contributed by atoms with E-state index in [1.165, 1.54) is 0 Å². The van der Waals surface area contributed by atoms with Crippen molar-refractivity contribution in [3.05, 3.63) is 23.7 Å². The molecule has 0 saturated heterocycles. The average molecular weight is 262 g/mol. The second kappa shape index (κ2) is 5.34. The van der Waals surface area contributed by atoms with Crippen LogP contribution in [0.4, 0.5) is 11.5 Å². The van der Waals surface area contributed by atoms with Gasteiger partial charge in [-0.3, -0.25) is 4.68 Å². The highest BCUT2D eigenvalue weighted by Gasteiger charge is 2.16. The van der Waals surface area contributed by atoms with Gasteiger partial charge < -0.3 is 10.6 Å². The Hall–Kier alpha value is -1.98. The van der Waals surface area contributed by atoms with Gasteiger partial charge in [0.2, 0.25) is 0 Å². The molecule has 19 heavy (non-hydrogen) atoms. The predicted molar refractivity (Wildman–Crippen MR) is 77.0 cm³/mol. The third-order valence-electron chi connectivity index (χ3n) is 3.12. The van der Waals surface area contributed by atoms with Crippen molar-refractivity contribution in [3.63, 3.8) is 0 Å². The molecule has 2 N–H and O–H groups in total. The molecule has 2 aromatic rings. The second-order valence-corrected chi connectivity index (χ2v) is 4.92. The molecule has 6 nitrogen and oxygen atoms in total. The first-order valence-electron chi connectivity index (χ1n) is 6.54. The molecule has 2 heterocycles. The summed E-state index contributed by atoms with van der Waals surface area (Å²) in [5.41, 5.74) is 8.96. The van der Waals surface area contributed by atoms with Gasteiger partial charge in [0.1, 0.15) is 0 Å². The van der Waals surface area contributed by atoms with Crippen LogP contribution in [0.25, 0.3) is 0 Å². The lowest BCUT2D eigenvalue weighted by molar-refractivity contribution is 0.591. The largest absolute Gasteiger partial charge is 0.394 e. The van der Waals surface area contributed by atoms with Crippen LogP contribution < -0.4 is 10.6 Å². The topological polar surface area (TPSA) is 64.9 Å². The molecule has 0 unspecified atom stereocenters. The second-order valence-electron chi connectivity index (χ2n) is 4.92. The maximum atomic E-state index is 6.15. The minimum Gasteiger partial charge on any atom is -0.394 e. The summed E-state index contributed by atoms with van der Waals surface area (Å²) in [6, 6.07) is 0. The molecule has 0 amide bonds. The minimum atomic E-state index is 0.764. The van der Waals surface area contributed by atoms with Crippen LogP contribution in [0.1, 0.15) is 24.6 Å². The van der Waals surface area contributed by atoms with E-state index in [2.05, 4.69) is 22.0 Å². The fourth-order valence-electron chi connectivity index (χ4n) is 2.26. The lowest BCUT2D eigenvalue weighted by Gasteiger charge is -2.20. The van der Waals surface area contributed by atoms with Crippen molar-refractivity contribution in [2.24, 2.45) is 7.05 Å². The molecule has 104 valence electrons. The number of aryl methyl sites for hydroxylation is 3. The van der Waals surface area contributed by atoms with Crippen molar-refractivity contribution in [3.8, 4) is 0 Å². The van der Waals surface area contributed by atoms with E-state index in [0.29, 0.717) is 0 Å². The standard InChI is InChI=1S/C13H22N6/c1-5-6-19-13(12(14)10(2)16-19)17(3)8-11-7-15-18(4)9-11/h7,9H,5-6,8,14H2,1-4H3. The first-order valence-corrected chi connectivity index (χ1v) is 6.54. The summed E-state index contributed by atoms with van der Waals surface area (Å²) in [6.45, 7) is 5.73. The van der Waals surface area contributed by atoms with Gasteiger partial charge in [0.05, 0.1) is 17.6 Å². The molecule has 0 aromatic carbocycles. The lowest BCUT2D eigenvalue weighted by atomic mass is 10.3. The van der Waals surface area contributed by atoms with Gasteiger partial charge in [-0.2, -0.15) is 10.2 Å². The van der Waals surface area contributed by atoms with E-state index in [1.807, 2.05) is 38.1 Å². The van der Waals surface area contributed by atoms with Crippen LogP contribution in [0.3, 0.4) is 0 Å². The number of nitrogens with zero attached hydrogens (tertiary/aromatic N) is 5. The van der Waals surface area contributed by atoms with Crippen LogP contribution in [0.5, 0.6) is 0 Å². The van der Waals surface area contributed by atoms with Gasteiger partial charge in [-0.1, -0.05) is 6.92 Å². The Morgan fingerprint density at radius 2 is 2.16 bits per heavy atom. The number of rotatable bonds is 5. The fourth-order valence-corrected chi connectivity index (χ4v) is 2.26. The van der Waals surface area contributed by atoms with Crippen LogP contribution in [-0.2, 0) is 20.1 Å². The quantitative estimate of drug-likeness (QED) is 0.888. The summed E-state index contributed by atoms with van der Waals surface area (Å²) < 4.78 is 3.79. The molecular weight excluding hydrogens is 240 g/mol. The fraction of sp³-hybridized carbons (Fsp3) is 0.538. The SMILES string of the molecule is CCCn1nc(C)c(N)c1N(C)Cc1cnn(C)c1. The summed E-state index contributed by atoms with van der Waals surface area (Å²) in [5, 5.41) is 8.68. The Kier molecular flexibility index (Phi) is 3.78. The molecular formula is C13H22N6. The van der Waals surface area contributed by atoms with Crippen molar-refractivity contribution < 1.29 is 0 Å². The lowest BCUT2D eigenvalue weighted by Crippen LogP contribution is -2.21. The van der Waals surface area contributed by atoms with E-state index in [0.717, 1.165) is 42.3 Å². The zero-order valence-corrected chi connectivity index (χ0v) is 12.1. The Morgan fingerprint density at radius 1 is 1.42 bits per heavy atom. The molecule has 2 aromatic heterocycles. The maximum Gasteiger partial charge on any atom is 0.150 e. The first-order chi connectivity index (χ1) is 9.02. The summed E-state index contributed by atoms with van der Waals surface area (Å²) in [5.74, 6) is 0.989. The molecule has 0 spiro atoms. The molecule has 0 radical (unpaired) electrons. The van der Waals surface area contributed by atoms with Gasteiger partial charge in [0.25, 0.3) is 0 Å². The Labute approximate surface area is 113 Å². The van der Waals surface area contributed by atoms with E-state index in [9.17, 15) is 0 Å². The maximum absolute atomic E-state index is 6.15. The van der Waals surface area contributed by atoms with Gasteiger partial charge in [0, 0.05) is 38.9 Å². The number of nitrogens with two attached hydrogens (primary N) is 1. The van der Waals surface area contributed by atoms with Crippen molar-refractivity contribution >= 4 is 11.5 Å². The molecule has 0 aliphatic carbocycles. The van der Waals surface area contributed by atoms with E-state index >= 15 is 0 Å². The molecule has 6 heteroatoms. The number of hydrogen-bond acceptors (Lipinski definition) is 4. The minimum absolute atomic E-state index is 0.764. The van der Waals surface area contributed by atoms with Gasteiger partial charge in [-0.25, -0.2) is 4.68 Å². The molecule has 0 saturated carbocycles. The van der Waals surface area contributed by atoms with Crippen molar-refractivity contribution in [2.75, 3.05) is 17.7 Å². The third-order valence-corrected chi connectivity index (χ3v) is 3.12. The zero-order valence-electron chi connectivity index (χ0n) is 12.1. The van der Waals surface area contributed by atoms with E-state index < -0.39 is 0 Å². The van der Waals surface area contributed by atoms with Crippen LogP contribution in [0, 0.1) is 6.92 Å². The summed E-state index contributed by atoms with van der Waals surface area (Å²) >= 11 is 0. The highest BCUT2D eigenvalue weighted by atomic mass is 15.4. The molecule has 2 rings (SSSR count). The third kappa shape index (κ3) is 2.72. The Bertz CT molecular complexity index is 553. The molecule has 0 bridgehead atoms. The number of aromatic nitrogens is 4. The average Bonchev–Trinajstić information content (AvgIpc) is 2.85. The normalized spacial score (nSPS) is 10.9. The first kappa shape index (κ1) is 13.5. The highest BCUT2D eigenvalue weighted by molar-refractivity contribution is 5.65. The molecule has 0 atom stereocenters. The highest BCUT2D eigenvalue weighted by Crippen LogP contribution is 2.26. The van der Waals surface area contributed by atoms with Crippen LogP contribution in [0.15, 0.2) is 12.4 Å². The van der Waals surface area contributed by atoms with E-state index in [1.54, 1.807) is 4.68 Å². The Morgan fingerprint density at radius 3 is 2.74 bits per heavy atom. The monoisotopic (exact) mass is 262 g/mol. The zero-order chi connectivity index (χ0) is 14.0. The number of nitrogen functional groups attached to an aromatic ring is 1.